The summed E-state index contributed by atoms with van der Waals surface area (Å²) in [6, 6.07) is 0.672. The Balaban J connectivity index is 2.19. The van der Waals surface area contributed by atoms with Gasteiger partial charge in [-0.25, -0.2) is 0 Å². The lowest BCUT2D eigenvalue weighted by atomic mass is 10.2. The van der Waals surface area contributed by atoms with E-state index in [2.05, 4.69) is 37.7 Å². The van der Waals surface area contributed by atoms with Gasteiger partial charge in [0.2, 0.25) is 0 Å². The number of nitrogens with one attached hydrogen (secondary N) is 1. The lowest BCUT2D eigenvalue weighted by Crippen LogP contribution is -2.36. The zero-order chi connectivity index (χ0) is 9.84. The van der Waals surface area contributed by atoms with Crippen molar-refractivity contribution >= 4 is 0 Å². The predicted octanol–water partition coefficient (Wildman–Crippen LogP) is 1.84. The summed E-state index contributed by atoms with van der Waals surface area (Å²) in [6.07, 6.45) is 2.44. The van der Waals surface area contributed by atoms with Crippen LogP contribution in [-0.4, -0.2) is 31.1 Å². The topological polar surface area (TPSA) is 15.3 Å². The van der Waals surface area contributed by atoms with E-state index in [1.807, 2.05) is 0 Å². The molecule has 0 aliphatic carbocycles. The van der Waals surface area contributed by atoms with E-state index >= 15 is 0 Å². The van der Waals surface area contributed by atoms with Gasteiger partial charge in [0.15, 0.2) is 0 Å². The molecule has 0 aromatic rings. The van der Waals surface area contributed by atoms with Crippen molar-refractivity contribution in [3.63, 3.8) is 0 Å². The molecule has 0 saturated carbocycles. The maximum atomic E-state index is 4.03. The third-order valence-corrected chi connectivity index (χ3v) is 2.75. The minimum absolute atomic E-state index is 0.672. The summed E-state index contributed by atoms with van der Waals surface area (Å²) in [7, 11) is 2.15. The van der Waals surface area contributed by atoms with Crippen molar-refractivity contribution in [1.82, 2.24) is 10.2 Å². The molecule has 0 amide bonds. The summed E-state index contributed by atoms with van der Waals surface area (Å²) >= 11 is 0. The molecule has 2 nitrogen and oxygen atoms in total. The molecule has 0 spiro atoms. The highest BCUT2D eigenvalue weighted by Crippen LogP contribution is 2.22. The number of hydrogen-bond acceptors (Lipinski definition) is 2. The van der Waals surface area contributed by atoms with Crippen LogP contribution in [0, 0.1) is 5.92 Å². The predicted molar refractivity (Wildman–Crippen MR) is 57.6 cm³/mol. The van der Waals surface area contributed by atoms with Crippen molar-refractivity contribution < 1.29 is 0 Å². The van der Waals surface area contributed by atoms with E-state index in [4.69, 9.17) is 0 Å². The summed E-state index contributed by atoms with van der Waals surface area (Å²) in [5.41, 5.74) is 1.29. The Labute approximate surface area is 82.0 Å². The molecule has 2 heteroatoms. The van der Waals surface area contributed by atoms with Crippen LogP contribution in [-0.2, 0) is 0 Å². The average molecular weight is 182 g/mol. The molecule has 1 rings (SSSR count). The van der Waals surface area contributed by atoms with Gasteiger partial charge in [-0.05, 0) is 25.3 Å². The largest absolute Gasteiger partial charge is 0.374 e. The Morgan fingerprint density at radius 3 is 2.77 bits per heavy atom. The van der Waals surface area contributed by atoms with Crippen LogP contribution in [0.1, 0.15) is 26.7 Å². The van der Waals surface area contributed by atoms with Crippen LogP contribution in [0.25, 0.3) is 0 Å². The minimum Gasteiger partial charge on any atom is -0.374 e. The number of hydrogen-bond donors (Lipinski definition) is 1. The summed E-state index contributed by atoms with van der Waals surface area (Å²) in [6.45, 7) is 10.7. The number of allylic oxidation sites excluding steroid dienone is 1. The molecule has 1 fully saturated rings. The Bertz CT molecular complexity index is 175. The first-order valence-corrected chi connectivity index (χ1v) is 5.22. The van der Waals surface area contributed by atoms with Crippen LogP contribution >= 0.6 is 0 Å². The SMILES string of the molecule is C=C1CCC(CNCC(C)C)N1C. The third-order valence-electron chi connectivity index (χ3n) is 2.75. The fraction of sp³-hybridized carbons (Fsp3) is 0.818. The molecular formula is C11H22N2. The van der Waals surface area contributed by atoms with Crippen LogP contribution in [0.2, 0.25) is 0 Å². The average Bonchev–Trinajstić information content (AvgIpc) is 2.35. The highest BCUT2D eigenvalue weighted by Gasteiger charge is 2.22. The lowest BCUT2D eigenvalue weighted by Gasteiger charge is -2.23. The van der Waals surface area contributed by atoms with Gasteiger partial charge in [0.25, 0.3) is 0 Å². The van der Waals surface area contributed by atoms with Crippen LogP contribution < -0.4 is 5.32 Å². The van der Waals surface area contributed by atoms with Gasteiger partial charge in [-0.15, -0.1) is 0 Å². The van der Waals surface area contributed by atoms with E-state index in [-0.39, 0.29) is 0 Å². The summed E-state index contributed by atoms with van der Waals surface area (Å²) in [4.78, 5) is 2.31. The van der Waals surface area contributed by atoms with Gasteiger partial charge in [0.1, 0.15) is 0 Å². The summed E-state index contributed by atoms with van der Waals surface area (Å²) in [5, 5.41) is 3.49. The highest BCUT2D eigenvalue weighted by molar-refractivity contribution is 5.02. The quantitative estimate of drug-likeness (QED) is 0.713. The molecular weight excluding hydrogens is 160 g/mol. The molecule has 1 aliphatic rings. The van der Waals surface area contributed by atoms with Gasteiger partial charge in [-0.1, -0.05) is 20.4 Å². The van der Waals surface area contributed by atoms with Gasteiger partial charge in [0.05, 0.1) is 0 Å². The van der Waals surface area contributed by atoms with Gasteiger partial charge in [-0.2, -0.15) is 0 Å². The molecule has 1 atom stereocenters. The molecule has 0 aromatic carbocycles. The van der Waals surface area contributed by atoms with E-state index in [0.717, 1.165) is 19.0 Å². The van der Waals surface area contributed by atoms with Crippen molar-refractivity contribution in [3.05, 3.63) is 12.3 Å². The first kappa shape index (κ1) is 10.6. The number of nitrogens with zero attached hydrogens (tertiary/aromatic N) is 1. The Hall–Kier alpha value is -0.500. The first-order chi connectivity index (χ1) is 6.11. The van der Waals surface area contributed by atoms with Crippen LogP contribution in [0.5, 0.6) is 0 Å². The van der Waals surface area contributed by atoms with Gasteiger partial charge in [0, 0.05) is 25.3 Å². The van der Waals surface area contributed by atoms with Crippen molar-refractivity contribution in [2.24, 2.45) is 5.92 Å². The van der Waals surface area contributed by atoms with Crippen LogP contribution in [0.15, 0.2) is 12.3 Å². The maximum absolute atomic E-state index is 4.03. The van der Waals surface area contributed by atoms with E-state index in [1.165, 1.54) is 18.5 Å². The number of likely N-dealkylation sites (N-methyl/N-ethyl adjacent to an activating group) is 1. The second-order valence-corrected chi connectivity index (χ2v) is 4.42. The fourth-order valence-electron chi connectivity index (χ4n) is 1.74. The molecule has 0 radical (unpaired) electrons. The van der Waals surface area contributed by atoms with Crippen LogP contribution in [0.4, 0.5) is 0 Å². The van der Waals surface area contributed by atoms with E-state index in [9.17, 15) is 0 Å². The monoisotopic (exact) mass is 182 g/mol. The van der Waals surface area contributed by atoms with Crippen LogP contribution in [0.3, 0.4) is 0 Å². The first-order valence-electron chi connectivity index (χ1n) is 5.22. The molecule has 76 valence electrons. The normalized spacial score (nSPS) is 23.2. The molecule has 1 aliphatic heterocycles. The molecule has 1 saturated heterocycles. The third kappa shape index (κ3) is 3.03. The second kappa shape index (κ2) is 4.66. The van der Waals surface area contributed by atoms with E-state index < -0.39 is 0 Å². The van der Waals surface area contributed by atoms with Crippen molar-refractivity contribution in [2.45, 2.75) is 32.7 Å². The minimum atomic E-state index is 0.672. The second-order valence-electron chi connectivity index (χ2n) is 4.42. The Morgan fingerprint density at radius 1 is 1.62 bits per heavy atom. The fourth-order valence-corrected chi connectivity index (χ4v) is 1.74. The van der Waals surface area contributed by atoms with Crippen molar-refractivity contribution in [2.75, 3.05) is 20.1 Å². The maximum Gasteiger partial charge on any atom is 0.0411 e. The standard InChI is InChI=1S/C11H22N2/c1-9(2)7-12-8-11-6-5-10(3)13(11)4/h9,11-12H,3,5-8H2,1-2,4H3. The molecule has 1 N–H and O–H groups in total. The Morgan fingerprint density at radius 2 is 2.31 bits per heavy atom. The zero-order valence-electron chi connectivity index (χ0n) is 9.14. The molecule has 0 aromatic heterocycles. The molecule has 13 heavy (non-hydrogen) atoms. The van der Waals surface area contributed by atoms with E-state index in [1.54, 1.807) is 0 Å². The highest BCUT2D eigenvalue weighted by atomic mass is 15.2. The van der Waals surface area contributed by atoms with E-state index in [0.29, 0.717) is 6.04 Å². The zero-order valence-corrected chi connectivity index (χ0v) is 9.14. The van der Waals surface area contributed by atoms with Crippen molar-refractivity contribution in [3.8, 4) is 0 Å². The van der Waals surface area contributed by atoms with Crippen molar-refractivity contribution in [1.29, 1.82) is 0 Å². The molecule has 0 bridgehead atoms. The number of rotatable bonds is 4. The number of likely N-dealkylation sites (tertiary alicyclic amines) is 1. The molecule has 1 unspecified atom stereocenters. The Kier molecular flexibility index (Phi) is 3.79. The summed E-state index contributed by atoms with van der Waals surface area (Å²) in [5.74, 6) is 0.745. The van der Waals surface area contributed by atoms with Gasteiger partial charge >= 0.3 is 0 Å². The molecule has 1 heterocycles. The van der Waals surface area contributed by atoms with Gasteiger partial charge in [-0.3, -0.25) is 0 Å². The summed E-state index contributed by atoms with van der Waals surface area (Å²) < 4.78 is 0. The van der Waals surface area contributed by atoms with Gasteiger partial charge < -0.3 is 10.2 Å². The lowest BCUT2D eigenvalue weighted by molar-refractivity contribution is 0.333. The smallest absolute Gasteiger partial charge is 0.0411 e.